The van der Waals surface area contributed by atoms with Gasteiger partial charge in [0.05, 0.1) is 17.5 Å². The average molecular weight is 319 g/mol. The number of nitrogens with one attached hydrogen (secondary N) is 1. The molecule has 1 atom stereocenters. The lowest BCUT2D eigenvalue weighted by Gasteiger charge is -2.11. The van der Waals surface area contributed by atoms with Crippen molar-refractivity contribution in [2.45, 2.75) is 6.10 Å². The predicted octanol–water partition coefficient (Wildman–Crippen LogP) is 3.21. The third-order valence-electron chi connectivity index (χ3n) is 3.24. The van der Waals surface area contributed by atoms with E-state index in [0.29, 0.717) is 23.6 Å². The first kappa shape index (κ1) is 14.7. The summed E-state index contributed by atoms with van der Waals surface area (Å²) in [6.07, 6.45) is -0.636. The molecule has 3 aromatic rings. The van der Waals surface area contributed by atoms with Gasteiger partial charge in [-0.3, -0.25) is 0 Å². The van der Waals surface area contributed by atoms with Crippen LogP contribution < -0.4 is 5.32 Å². The minimum absolute atomic E-state index is 0.0787. The molecular weight excluding hydrogens is 304 g/mol. The SMILES string of the molecule is Oc1ccc(NCC(O)CCl)cc1-c1nc2ccccc2o1. The molecule has 22 heavy (non-hydrogen) atoms. The Balaban J connectivity index is 1.92. The van der Waals surface area contributed by atoms with Crippen LogP contribution in [-0.2, 0) is 0 Å². The molecule has 0 saturated carbocycles. The van der Waals surface area contributed by atoms with Gasteiger partial charge >= 0.3 is 0 Å². The number of halogens is 1. The number of aromatic nitrogens is 1. The van der Waals surface area contributed by atoms with Crippen molar-refractivity contribution >= 4 is 28.4 Å². The summed E-state index contributed by atoms with van der Waals surface area (Å²) in [6, 6.07) is 12.4. The molecule has 0 aliphatic heterocycles. The molecule has 0 aliphatic carbocycles. The van der Waals surface area contributed by atoms with E-state index in [0.717, 1.165) is 11.2 Å². The lowest BCUT2D eigenvalue weighted by molar-refractivity contribution is 0.211. The monoisotopic (exact) mass is 318 g/mol. The molecule has 114 valence electrons. The van der Waals surface area contributed by atoms with Crippen molar-refractivity contribution in [2.24, 2.45) is 0 Å². The highest BCUT2D eigenvalue weighted by Crippen LogP contribution is 2.33. The highest BCUT2D eigenvalue weighted by atomic mass is 35.5. The topological polar surface area (TPSA) is 78.5 Å². The number of para-hydroxylation sites is 2. The second-order valence-corrected chi connectivity index (χ2v) is 5.22. The molecule has 3 rings (SSSR count). The second kappa shape index (κ2) is 6.25. The highest BCUT2D eigenvalue weighted by molar-refractivity contribution is 6.18. The van der Waals surface area contributed by atoms with Crippen molar-refractivity contribution in [1.82, 2.24) is 4.98 Å². The van der Waals surface area contributed by atoms with E-state index in [1.54, 1.807) is 18.2 Å². The van der Waals surface area contributed by atoms with Gasteiger partial charge in [0.2, 0.25) is 5.89 Å². The van der Waals surface area contributed by atoms with Crippen molar-refractivity contribution in [3.8, 4) is 17.2 Å². The van der Waals surface area contributed by atoms with Crippen LogP contribution in [0.4, 0.5) is 5.69 Å². The van der Waals surface area contributed by atoms with Crippen LogP contribution in [0.2, 0.25) is 0 Å². The Bertz CT molecular complexity index is 755. The number of oxazole rings is 1. The molecule has 0 radical (unpaired) electrons. The van der Waals surface area contributed by atoms with E-state index in [2.05, 4.69) is 10.3 Å². The number of benzene rings is 2. The molecule has 0 saturated heterocycles. The predicted molar refractivity (Wildman–Crippen MR) is 86.3 cm³/mol. The number of aromatic hydroxyl groups is 1. The number of alkyl halides is 1. The molecule has 0 amide bonds. The van der Waals surface area contributed by atoms with E-state index in [-0.39, 0.29) is 11.6 Å². The molecule has 1 unspecified atom stereocenters. The average Bonchev–Trinajstić information content (AvgIpc) is 2.97. The third kappa shape index (κ3) is 3.00. The summed E-state index contributed by atoms with van der Waals surface area (Å²) >= 11 is 5.56. The number of anilines is 1. The molecule has 0 spiro atoms. The number of aliphatic hydroxyl groups is 1. The van der Waals surface area contributed by atoms with Crippen LogP contribution in [-0.4, -0.2) is 33.7 Å². The van der Waals surface area contributed by atoms with E-state index in [1.807, 2.05) is 24.3 Å². The first-order valence-electron chi connectivity index (χ1n) is 6.84. The summed E-state index contributed by atoms with van der Waals surface area (Å²) in [5, 5.41) is 22.6. The van der Waals surface area contributed by atoms with Crippen molar-refractivity contribution in [2.75, 3.05) is 17.7 Å². The lowest BCUT2D eigenvalue weighted by Crippen LogP contribution is -2.20. The fourth-order valence-corrected chi connectivity index (χ4v) is 2.20. The molecule has 2 aromatic carbocycles. The largest absolute Gasteiger partial charge is 0.507 e. The minimum Gasteiger partial charge on any atom is -0.507 e. The number of phenolic OH excluding ortho intramolecular Hbond substituents is 1. The summed E-state index contributed by atoms with van der Waals surface area (Å²) in [4.78, 5) is 4.37. The van der Waals surface area contributed by atoms with Gasteiger partial charge in [0.15, 0.2) is 5.58 Å². The third-order valence-corrected chi connectivity index (χ3v) is 3.60. The van der Waals surface area contributed by atoms with Crippen LogP contribution in [0.5, 0.6) is 5.75 Å². The number of nitrogens with zero attached hydrogens (tertiary/aromatic N) is 1. The first-order valence-corrected chi connectivity index (χ1v) is 7.37. The number of hydrogen-bond acceptors (Lipinski definition) is 5. The van der Waals surface area contributed by atoms with Gasteiger partial charge in [-0.2, -0.15) is 0 Å². The van der Waals surface area contributed by atoms with Gasteiger partial charge in [0, 0.05) is 12.2 Å². The van der Waals surface area contributed by atoms with Crippen LogP contribution in [0.25, 0.3) is 22.6 Å². The summed E-state index contributed by atoms with van der Waals surface area (Å²) in [7, 11) is 0. The number of fused-ring (bicyclic) bond motifs is 1. The Labute approximate surface area is 132 Å². The summed E-state index contributed by atoms with van der Waals surface area (Å²) in [5.74, 6) is 0.582. The fourth-order valence-electron chi connectivity index (χ4n) is 2.09. The van der Waals surface area contributed by atoms with Gasteiger partial charge in [0.25, 0.3) is 0 Å². The van der Waals surface area contributed by atoms with Gasteiger partial charge in [0.1, 0.15) is 11.3 Å². The zero-order valence-corrected chi connectivity index (χ0v) is 12.4. The van der Waals surface area contributed by atoms with Crippen LogP contribution in [0.1, 0.15) is 0 Å². The second-order valence-electron chi connectivity index (χ2n) is 4.91. The van der Waals surface area contributed by atoms with E-state index >= 15 is 0 Å². The van der Waals surface area contributed by atoms with Crippen LogP contribution in [0.3, 0.4) is 0 Å². The van der Waals surface area contributed by atoms with Gasteiger partial charge in [-0.25, -0.2) is 4.98 Å². The van der Waals surface area contributed by atoms with Gasteiger partial charge in [-0.1, -0.05) is 12.1 Å². The van der Waals surface area contributed by atoms with E-state index in [1.165, 1.54) is 0 Å². The summed E-state index contributed by atoms with van der Waals surface area (Å²) in [6.45, 7) is 0.321. The van der Waals surface area contributed by atoms with Crippen LogP contribution in [0.15, 0.2) is 46.9 Å². The zero-order chi connectivity index (χ0) is 15.5. The van der Waals surface area contributed by atoms with E-state index in [4.69, 9.17) is 16.0 Å². The Morgan fingerprint density at radius 1 is 1.23 bits per heavy atom. The van der Waals surface area contributed by atoms with Crippen molar-refractivity contribution in [3.63, 3.8) is 0 Å². The Kier molecular flexibility index (Phi) is 4.18. The molecule has 0 fully saturated rings. The van der Waals surface area contributed by atoms with Gasteiger partial charge in [-0.05, 0) is 30.3 Å². The molecule has 1 aromatic heterocycles. The van der Waals surface area contributed by atoms with Crippen LogP contribution >= 0.6 is 11.6 Å². The number of aliphatic hydroxyl groups excluding tert-OH is 1. The lowest BCUT2D eigenvalue weighted by atomic mass is 10.1. The normalized spacial score (nSPS) is 12.5. The first-order chi connectivity index (χ1) is 10.7. The maximum Gasteiger partial charge on any atom is 0.231 e. The molecule has 1 heterocycles. The molecular formula is C16H15ClN2O3. The minimum atomic E-state index is -0.636. The molecule has 5 nitrogen and oxygen atoms in total. The van der Waals surface area contributed by atoms with Gasteiger partial charge < -0.3 is 19.9 Å². The Morgan fingerprint density at radius 3 is 2.82 bits per heavy atom. The van der Waals surface area contributed by atoms with Gasteiger partial charge in [-0.15, -0.1) is 11.6 Å². The zero-order valence-electron chi connectivity index (χ0n) is 11.7. The van der Waals surface area contributed by atoms with Crippen molar-refractivity contribution < 1.29 is 14.6 Å². The Hall–Kier alpha value is -2.24. The maximum atomic E-state index is 10.0. The Morgan fingerprint density at radius 2 is 2.05 bits per heavy atom. The maximum absolute atomic E-state index is 10.0. The molecule has 0 aliphatic rings. The van der Waals surface area contributed by atoms with Crippen molar-refractivity contribution in [3.05, 3.63) is 42.5 Å². The summed E-state index contributed by atoms with van der Waals surface area (Å²) in [5.41, 5.74) is 2.61. The number of rotatable bonds is 5. The van der Waals surface area contributed by atoms with Crippen LogP contribution in [0, 0.1) is 0 Å². The molecule has 3 N–H and O–H groups in total. The molecule has 0 bridgehead atoms. The summed E-state index contributed by atoms with van der Waals surface area (Å²) < 4.78 is 5.67. The highest BCUT2D eigenvalue weighted by Gasteiger charge is 2.13. The fraction of sp³-hybridized carbons (Fsp3) is 0.188. The number of hydrogen-bond donors (Lipinski definition) is 3. The smallest absolute Gasteiger partial charge is 0.231 e. The standard InChI is InChI=1S/C16H15ClN2O3/c17-8-11(20)9-18-10-5-6-14(21)12(7-10)16-19-13-3-1-2-4-15(13)22-16/h1-7,11,18,20-21H,8-9H2. The van der Waals surface area contributed by atoms with E-state index < -0.39 is 6.10 Å². The quantitative estimate of drug-likeness (QED) is 0.497. The number of phenols is 1. The van der Waals surface area contributed by atoms with E-state index in [9.17, 15) is 10.2 Å². The molecule has 6 heteroatoms. The van der Waals surface area contributed by atoms with Crippen molar-refractivity contribution in [1.29, 1.82) is 0 Å².